The van der Waals surface area contributed by atoms with Crippen LogP contribution in [0.3, 0.4) is 0 Å². The van der Waals surface area contributed by atoms with E-state index in [1.165, 1.54) is 59.4 Å². The van der Waals surface area contributed by atoms with Gasteiger partial charge in [-0.15, -0.1) is 0 Å². The molecule has 0 unspecified atom stereocenters. The summed E-state index contributed by atoms with van der Waals surface area (Å²) < 4.78 is 0. The van der Waals surface area contributed by atoms with Gasteiger partial charge < -0.3 is 0 Å². The minimum Gasteiger partial charge on any atom is -0.244 e. The lowest BCUT2D eigenvalue weighted by atomic mass is 9.89. The average molecular weight is 609 g/mol. The first-order valence-corrected chi connectivity index (χ1v) is 16.4. The number of rotatable bonds is 3. The van der Waals surface area contributed by atoms with Crippen LogP contribution >= 0.6 is 0 Å². The number of hydrogen-bond acceptors (Lipinski definition) is 2. The molecule has 0 aliphatic carbocycles. The van der Waals surface area contributed by atoms with E-state index < -0.39 is 0 Å². The largest absolute Gasteiger partial charge is 0.244 e. The summed E-state index contributed by atoms with van der Waals surface area (Å²) in [4.78, 5) is 10.6. The topological polar surface area (TPSA) is 25.8 Å². The molecule has 0 spiro atoms. The maximum Gasteiger partial charge on any atom is 0.0973 e. The van der Waals surface area contributed by atoms with Crippen molar-refractivity contribution >= 4 is 64.9 Å². The summed E-state index contributed by atoms with van der Waals surface area (Å²) in [6.07, 6.45) is 0. The first-order valence-electron chi connectivity index (χ1n) is 16.4. The van der Waals surface area contributed by atoms with Crippen molar-refractivity contribution in [3.63, 3.8) is 0 Å². The Kier molecular flexibility index (Phi) is 5.91. The lowest BCUT2D eigenvalue weighted by Crippen LogP contribution is -1.96. The van der Waals surface area contributed by atoms with Crippen LogP contribution in [0.25, 0.3) is 98.5 Å². The predicted octanol–water partition coefficient (Wildman–Crippen LogP) is 12.4. The Hall–Kier alpha value is -6.38. The SMILES string of the molecule is c1ccc(-c2nc3cc(-c4cc5ccccc5c5c4ccc4c6ccccc6ccc45)ccc3nc2-c2ccc3ccccc3c2)cc1. The van der Waals surface area contributed by atoms with E-state index in [0.29, 0.717) is 0 Å². The zero-order valence-electron chi connectivity index (χ0n) is 26.1. The quantitative estimate of drug-likeness (QED) is 0.187. The molecular formula is C46H28N2. The van der Waals surface area contributed by atoms with Crippen LogP contribution in [-0.2, 0) is 0 Å². The van der Waals surface area contributed by atoms with Crippen molar-refractivity contribution in [2.45, 2.75) is 0 Å². The van der Waals surface area contributed by atoms with Crippen LogP contribution in [0.4, 0.5) is 0 Å². The second kappa shape index (κ2) is 10.6. The van der Waals surface area contributed by atoms with Crippen LogP contribution in [0.2, 0.25) is 0 Å². The predicted molar refractivity (Wildman–Crippen MR) is 203 cm³/mol. The fraction of sp³-hybridized carbons (Fsp3) is 0. The monoisotopic (exact) mass is 608 g/mol. The van der Waals surface area contributed by atoms with Gasteiger partial charge in [-0.2, -0.15) is 0 Å². The Morgan fingerprint density at radius 1 is 0.292 bits per heavy atom. The Balaban J connectivity index is 1.22. The second-order valence-corrected chi connectivity index (χ2v) is 12.6. The van der Waals surface area contributed by atoms with Crippen LogP contribution in [-0.4, -0.2) is 9.97 Å². The van der Waals surface area contributed by atoms with Crippen LogP contribution in [0.1, 0.15) is 0 Å². The molecule has 0 amide bonds. The zero-order valence-corrected chi connectivity index (χ0v) is 26.1. The van der Waals surface area contributed by atoms with Crippen molar-refractivity contribution in [2.24, 2.45) is 0 Å². The first kappa shape index (κ1) is 26.8. The van der Waals surface area contributed by atoms with Crippen molar-refractivity contribution in [1.82, 2.24) is 9.97 Å². The highest BCUT2D eigenvalue weighted by Crippen LogP contribution is 2.41. The molecule has 48 heavy (non-hydrogen) atoms. The Morgan fingerprint density at radius 2 is 0.917 bits per heavy atom. The van der Waals surface area contributed by atoms with Gasteiger partial charge in [-0.25, -0.2) is 9.97 Å². The Morgan fingerprint density at radius 3 is 1.79 bits per heavy atom. The smallest absolute Gasteiger partial charge is 0.0973 e. The van der Waals surface area contributed by atoms with E-state index in [2.05, 4.69) is 164 Å². The lowest BCUT2D eigenvalue weighted by molar-refractivity contribution is 1.29. The number of fused-ring (bicyclic) bond motifs is 9. The second-order valence-electron chi connectivity index (χ2n) is 12.6. The fourth-order valence-electron chi connectivity index (χ4n) is 7.48. The van der Waals surface area contributed by atoms with Gasteiger partial charge in [-0.05, 0) is 89.3 Å². The Bertz CT molecular complexity index is 2890. The molecule has 0 aliphatic heterocycles. The summed E-state index contributed by atoms with van der Waals surface area (Å²) >= 11 is 0. The van der Waals surface area contributed by atoms with Gasteiger partial charge in [0.25, 0.3) is 0 Å². The van der Waals surface area contributed by atoms with Gasteiger partial charge in [0.1, 0.15) is 0 Å². The third kappa shape index (κ3) is 4.20. The first-order chi connectivity index (χ1) is 23.8. The molecule has 0 radical (unpaired) electrons. The summed E-state index contributed by atoms with van der Waals surface area (Å²) in [6, 6.07) is 60.9. The molecule has 0 atom stereocenters. The van der Waals surface area contributed by atoms with Crippen molar-refractivity contribution in [3.8, 4) is 33.6 Å². The van der Waals surface area contributed by atoms with Gasteiger partial charge in [-0.3, -0.25) is 0 Å². The van der Waals surface area contributed by atoms with Gasteiger partial charge in [-0.1, -0.05) is 146 Å². The third-order valence-corrected chi connectivity index (χ3v) is 9.79. The molecule has 2 nitrogen and oxygen atoms in total. The van der Waals surface area contributed by atoms with E-state index in [-0.39, 0.29) is 0 Å². The minimum atomic E-state index is 0.878. The normalized spacial score (nSPS) is 11.8. The van der Waals surface area contributed by atoms with Gasteiger partial charge in [0, 0.05) is 11.1 Å². The number of hydrogen-bond donors (Lipinski definition) is 0. The van der Waals surface area contributed by atoms with Crippen LogP contribution in [0.15, 0.2) is 170 Å². The summed E-state index contributed by atoms with van der Waals surface area (Å²) in [5.74, 6) is 0. The van der Waals surface area contributed by atoms with Gasteiger partial charge in [0.05, 0.1) is 22.4 Å². The van der Waals surface area contributed by atoms with Crippen molar-refractivity contribution in [2.75, 3.05) is 0 Å². The van der Waals surface area contributed by atoms with E-state index in [1.54, 1.807) is 0 Å². The molecule has 10 aromatic rings. The van der Waals surface area contributed by atoms with E-state index in [4.69, 9.17) is 9.97 Å². The highest BCUT2D eigenvalue weighted by atomic mass is 14.8. The summed E-state index contributed by atoms with van der Waals surface area (Å²) in [6.45, 7) is 0. The molecule has 0 aliphatic rings. The fourth-order valence-corrected chi connectivity index (χ4v) is 7.48. The highest BCUT2D eigenvalue weighted by Gasteiger charge is 2.17. The average Bonchev–Trinajstić information content (AvgIpc) is 3.16. The highest BCUT2D eigenvalue weighted by molar-refractivity contribution is 6.27. The van der Waals surface area contributed by atoms with Gasteiger partial charge >= 0.3 is 0 Å². The molecule has 222 valence electrons. The van der Waals surface area contributed by atoms with Crippen LogP contribution in [0, 0.1) is 0 Å². The van der Waals surface area contributed by atoms with Crippen molar-refractivity contribution < 1.29 is 0 Å². The molecule has 1 heterocycles. The molecule has 0 saturated carbocycles. The maximum absolute atomic E-state index is 5.35. The van der Waals surface area contributed by atoms with E-state index in [1.807, 2.05) is 6.07 Å². The molecule has 1 aromatic heterocycles. The van der Waals surface area contributed by atoms with E-state index >= 15 is 0 Å². The molecule has 10 rings (SSSR count). The summed E-state index contributed by atoms with van der Waals surface area (Å²) in [5.41, 5.74) is 7.97. The molecule has 0 N–H and O–H groups in total. The third-order valence-electron chi connectivity index (χ3n) is 9.79. The van der Waals surface area contributed by atoms with Crippen molar-refractivity contribution in [3.05, 3.63) is 170 Å². The van der Waals surface area contributed by atoms with Gasteiger partial charge in [0.2, 0.25) is 0 Å². The minimum absolute atomic E-state index is 0.878. The lowest BCUT2D eigenvalue weighted by Gasteiger charge is -2.16. The summed E-state index contributed by atoms with van der Waals surface area (Å²) in [7, 11) is 0. The standard InChI is InChI=1S/C46H28N2/c1-2-12-31(13-3-1)45-46(35-19-18-29-10-4-5-14-32(29)26-35)47-42-25-21-34(28-43(42)48-45)41-27-33-15-7-9-17-37(33)44-39-22-20-30-11-6-8-16-36(30)38(39)23-24-40(41)44/h1-28H. The van der Waals surface area contributed by atoms with E-state index in [0.717, 1.165) is 39.1 Å². The molecule has 0 saturated heterocycles. The molecule has 9 aromatic carbocycles. The number of aromatic nitrogens is 2. The number of benzene rings is 9. The van der Waals surface area contributed by atoms with E-state index in [9.17, 15) is 0 Å². The molecular weight excluding hydrogens is 581 g/mol. The molecule has 0 fully saturated rings. The van der Waals surface area contributed by atoms with Gasteiger partial charge in [0.15, 0.2) is 0 Å². The number of nitrogens with zero attached hydrogens (tertiary/aromatic N) is 2. The van der Waals surface area contributed by atoms with Crippen LogP contribution in [0.5, 0.6) is 0 Å². The summed E-state index contributed by atoms with van der Waals surface area (Å²) in [5, 5.41) is 12.5. The van der Waals surface area contributed by atoms with Crippen molar-refractivity contribution in [1.29, 1.82) is 0 Å². The van der Waals surface area contributed by atoms with Crippen LogP contribution < -0.4 is 0 Å². The maximum atomic E-state index is 5.35. The Labute approximate surface area is 277 Å². The molecule has 0 bridgehead atoms. The zero-order chi connectivity index (χ0) is 31.6. The molecule has 2 heteroatoms.